The number of hydrogen-bond acceptors (Lipinski definition) is 4. The summed E-state index contributed by atoms with van der Waals surface area (Å²) in [6, 6.07) is 6.31. The summed E-state index contributed by atoms with van der Waals surface area (Å²) in [5.41, 5.74) is 1.50. The summed E-state index contributed by atoms with van der Waals surface area (Å²) in [5.74, 6) is 0.151. The number of halogens is 2. The highest BCUT2D eigenvalue weighted by molar-refractivity contribution is 6.28. The number of aromatic nitrogens is 2. The number of benzene rings is 1. The van der Waals surface area contributed by atoms with Gasteiger partial charge in [-0.3, -0.25) is 4.79 Å². The number of nitrogens with zero attached hydrogens (tertiary/aromatic N) is 4. The van der Waals surface area contributed by atoms with E-state index in [9.17, 15) is 9.18 Å². The minimum Gasteiger partial charge on any atom is -0.330 e. The molecule has 5 nitrogen and oxygen atoms in total. The minimum absolute atomic E-state index is 0.0273. The molecule has 1 aliphatic heterocycles. The fourth-order valence-corrected chi connectivity index (χ4v) is 3.49. The van der Waals surface area contributed by atoms with Gasteiger partial charge in [-0.1, -0.05) is 6.92 Å². The lowest BCUT2D eigenvalue weighted by atomic mass is 10.0. The van der Waals surface area contributed by atoms with Crippen molar-refractivity contribution in [3.8, 4) is 0 Å². The standard InChI is InChI=1S/C20H24ClFN4O/c1-6-12(2)25-11-15-16(18(25)27)23-19(21)24-17(15)26(20(3,4)5)14-9-7-13(22)8-10-14/h7-10,12H,6,11H2,1-5H3. The van der Waals surface area contributed by atoms with Crippen molar-refractivity contribution in [3.05, 3.63) is 46.6 Å². The molecule has 0 N–H and O–H groups in total. The van der Waals surface area contributed by atoms with Gasteiger partial charge in [0.05, 0.1) is 6.54 Å². The maximum atomic E-state index is 13.4. The Morgan fingerprint density at radius 1 is 1.26 bits per heavy atom. The van der Waals surface area contributed by atoms with Gasteiger partial charge in [-0.2, -0.15) is 4.98 Å². The molecule has 1 aromatic carbocycles. The first-order valence-corrected chi connectivity index (χ1v) is 9.44. The largest absolute Gasteiger partial charge is 0.330 e. The third-order valence-electron chi connectivity index (χ3n) is 4.84. The smallest absolute Gasteiger partial charge is 0.273 e. The molecule has 0 fully saturated rings. The van der Waals surface area contributed by atoms with Gasteiger partial charge in [-0.25, -0.2) is 9.37 Å². The lowest BCUT2D eigenvalue weighted by Crippen LogP contribution is -2.39. The van der Waals surface area contributed by atoms with Crippen LogP contribution in [-0.2, 0) is 6.54 Å². The van der Waals surface area contributed by atoms with Gasteiger partial charge in [0.1, 0.15) is 17.3 Å². The first kappa shape index (κ1) is 19.5. The molecule has 1 unspecified atom stereocenters. The van der Waals surface area contributed by atoms with Gasteiger partial charge in [-0.05, 0) is 70.0 Å². The molecule has 7 heteroatoms. The van der Waals surface area contributed by atoms with E-state index in [2.05, 4.69) is 9.97 Å². The highest BCUT2D eigenvalue weighted by atomic mass is 35.5. The molecule has 2 heterocycles. The average molecular weight is 391 g/mol. The van der Waals surface area contributed by atoms with Gasteiger partial charge in [0.25, 0.3) is 5.91 Å². The third kappa shape index (κ3) is 3.63. The van der Waals surface area contributed by atoms with Gasteiger partial charge >= 0.3 is 0 Å². The van der Waals surface area contributed by atoms with E-state index < -0.39 is 0 Å². The van der Waals surface area contributed by atoms with Crippen LogP contribution in [0.2, 0.25) is 5.28 Å². The van der Waals surface area contributed by atoms with Crippen LogP contribution in [0.1, 0.15) is 57.1 Å². The van der Waals surface area contributed by atoms with E-state index in [1.54, 1.807) is 17.0 Å². The maximum absolute atomic E-state index is 13.4. The molecule has 0 saturated carbocycles. The molecular weight excluding hydrogens is 367 g/mol. The number of rotatable bonds is 4. The minimum atomic E-state index is -0.379. The number of anilines is 2. The quantitative estimate of drug-likeness (QED) is 0.692. The summed E-state index contributed by atoms with van der Waals surface area (Å²) in [6.07, 6.45) is 0.844. The molecule has 0 bridgehead atoms. The van der Waals surface area contributed by atoms with Gasteiger partial charge in [0.15, 0.2) is 0 Å². The first-order chi connectivity index (χ1) is 12.6. The molecule has 2 aromatic rings. The van der Waals surface area contributed by atoms with Gasteiger partial charge in [0.2, 0.25) is 5.28 Å². The Bertz CT molecular complexity index is 864. The number of hydrogen-bond donors (Lipinski definition) is 0. The summed E-state index contributed by atoms with van der Waals surface area (Å²) < 4.78 is 13.4. The number of amides is 1. The summed E-state index contributed by atoms with van der Waals surface area (Å²) in [5, 5.41) is 0.0273. The van der Waals surface area contributed by atoms with E-state index in [0.29, 0.717) is 18.1 Å². The van der Waals surface area contributed by atoms with Crippen molar-refractivity contribution in [3.63, 3.8) is 0 Å². The predicted molar refractivity (Wildman–Crippen MR) is 105 cm³/mol. The van der Waals surface area contributed by atoms with Crippen molar-refractivity contribution in [1.29, 1.82) is 0 Å². The SMILES string of the molecule is CCC(C)N1Cc2c(nc(Cl)nc2N(c2ccc(F)cc2)C(C)(C)C)C1=O. The van der Waals surface area contributed by atoms with Crippen LogP contribution in [0.4, 0.5) is 15.9 Å². The maximum Gasteiger partial charge on any atom is 0.273 e. The molecule has 1 aromatic heterocycles. The van der Waals surface area contributed by atoms with Crippen LogP contribution in [0.15, 0.2) is 24.3 Å². The van der Waals surface area contributed by atoms with Crippen LogP contribution < -0.4 is 4.90 Å². The zero-order valence-electron chi connectivity index (χ0n) is 16.3. The highest BCUT2D eigenvalue weighted by Crippen LogP contribution is 2.39. The second-order valence-corrected chi connectivity index (χ2v) is 8.15. The summed E-state index contributed by atoms with van der Waals surface area (Å²) in [7, 11) is 0. The number of fused-ring (bicyclic) bond motifs is 1. The zero-order chi connectivity index (χ0) is 19.9. The summed E-state index contributed by atoms with van der Waals surface area (Å²) in [6.45, 7) is 10.6. The van der Waals surface area contributed by atoms with Crippen molar-refractivity contribution in [2.24, 2.45) is 0 Å². The fourth-order valence-electron chi connectivity index (χ4n) is 3.32. The second-order valence-electron chi connectivity index (χ2n) is 7.82. The van der Waals surface area contributed by atoms with E-state index in [4.69, 9.17) is 11.6 Å². The molecule has 27 heavy (non-hydrogen) atoms. The van der Waals surface area contributed by atoms with Crippen LogP contribution in [0, 0.1) is 5.82 Å². The van der Waals surface area contributed by atoms with Crippen LogP contribution in [0.5, 0.6) is 0 Å². The van der Waals surface area contributed by atoms with Crippen LogP contribution in [-0.4, -0.2) is 32.4 Å². The molecule has 1 amide bonds. The normalized spacial score (nSPS) is 15.1. The van der Waals surface area contributed by atoms with Gasteiger partial charge in [0, 0.05) is 22.8 Å². The number of carbonyl (C=O) groups is 1. The third-order valence-corrected chi connectivity index (χ3v) is 5.01. The van der Waals surface area contributed by atoms with Crippen molar-refractivity contribution in [2.75, 3.05) is 4.90 Å². The predicted octanol–water partition coefficient (Wildman–Crippen LogP) is 4.96. The molecule has 1 aliphatic rings. The highest BCUT2D eigenvalue weighted by Gasteiger charge is 2.38. The van der Waals surface area contributed by atoms with Crippen LogP contribution in [0.25, 0.3) is 0 Å². The molecule has 144 valence electrons. The molecular formula is C20H24ClFN4O. The van der Waals surface area contributed by atoms with E-state index in [0.717, 1.165) is 17.7 Å². The Morgan fingerprint density at radius 2 is 1.89 bits per heavy atom. The molecule has 0 radical (unpaired) electrons. The van der Waals surface area contributed by atoms with Crippen molar-refractivity contribution < 1.29 is 9.18 Å². The van der Waals surface area contributed by atoms with E-state index in [1.807, 2.05) is 39.5 Å². The molecule has 0 spiro atoms. The van der Waals surface area contributed by atoms with Gasteiger partial charge in [-0.15, -0.1) is 0 Å². The summed E-state index contributed by atoms with van der Waals surface area (Å²) in [4.78, 5) is 25.3. The Labute approximate surface area is 164 Å². The van der Waals surface area contributed by atoms with Crippen LogP contribution in [0.3, 0.4) is 0 Å². The topological polar surface area (TPSA) is 49.3 Å². The Balaban J connectivity index is 2.17. The first-order valence-electron chi connectivity index (χ1n) is 9.06. The second kappa shape index (κ2) is 7.08. The van der Waals surface area contributed by atoms with E-state index >= 15 is 0 Å². The van der Waals surface area contributed by atoms with E-state index in [1.165, 1.54) is 12.1 Å². The molecule has 0 aliphatic carbocycles. The van der Waals surface area contributed by atoms with Crippen molar-refractivity contribution in [2.45, 2.75) is 59.2 Å². The Hall–Kier alpha value is -2.21. The van der Waals surface area contributed by atoms with Crippen molar-refractivity contribution in [1.82, 2.24) is 14.9 Å². The van der Waals surface area contributed by atoms with Gasteiger partial charge < -0.3 is 9.80 Å². The average Bonchev–Trinajstić information content (AvgIpc) is 2.92. The zero-order valence-corrected chi connectivity index (χ0v) is 17.0. The Kier molecular flexibility index (Phi) is 5.12. The van der Waals surface area contributed by atoms with Crippen LogP contribution >= 0.6 is 11.6 Å². The fraction of sp³-hybridized carbons (Fsp3) is 0.450. The Morgan fingerprint density at radius 3 is 2.44 bits per heavy atom. The lowest BCUT2D eigenvalue weighted by molar-refractivity contribution is 0.0709. The van der Waals surface area contributed by atoms with E-state index in [-0.39, 0.29) is 28.6 Å². The molecule has 3 rings (SSSR count). The number of carbonyl (C=O) groups excluding carboxylic acids is 1. The molecule has 0 saturated heterocycles. The monoisotopic (exact) mass is 390 g/mol. The summed E-state index contributed by atoms with van der Waals surface area (Å²) >= 11 is 6.18. The lowest BCUT2D eigenvalue weighted by Gasteiger charge is -2.37. The molecule has 1 atom stereocenters. The van der Waals surface area contributed by atoms with Crippen molar-refractivity contribution >= 4 is 29.0 Å².